The SMILES string of the molecule is CC(C)C1CC(Cl)(Cl)C1. The second-order valence-corrected chi connectivity index (χ2v) is 4.91. The van der Waals surface area contributed by atoms with E-state index in [1.54, 1.807) is 0 Å². The quantitative estimate of drug-likeness (QED) is 0.526. The van der Waals surface area contributed by atoms with E-state index >= 15 is 0 Å². The fourth-order valence-electron chi connectivity index (χ4n) is 1.18. The minimum absolute atomic E-state index is 0.380. The van der Waals surface area contributed by atoms with Crippen LogP contribution in [0.2, 0.25) is 0 Å². The third-order valence-corrected chi connectivity index (χ3v) is 2.68. The molecule has 0 bridgehead atoms. The van der Waals surface area contributed by atoms with Crippen molar-refractivity contribution in [2.45, 2.75) is 31.0 Å². The molecule has 1 fully saturated rings. The number of rotatable bonds is 1. The zero-order chi connectivity index (χ0) is 7.07. The highest BCUT2D eigenvalue weighted by Gasteiger charge is 2.41. The van der Waals surface area contributed by atoms with E-state index in [-0.39, 0.29) is 4.33 Å². The molecule has 0 unspecified atom stereocenters. The summed E-state index contributed by atoms with van der Waals surface area (Å²) < 4.78 is -0.380. The van der Waals surface area contributed by atoms with E-state index in [9.17, 15) is 0 Å². The standard InChI is InChI=1S/C7H12Cl2/c1-5(2)6-3-7(8,9)4-6/h5-6H,3-4H2,1-2H3. The lowest BCUT2D eigenvalue weighted by molar-refractivity contribution is 0.218. The molecule has 1 aliphatic carbocycles. The molecule has 0 spiro atoms. The van der Waals surface area contributed by atoms with Gasteiger partial charge in [-0.25, -0.2) is 0 Å². The van der Waals surface area contributed by atoms with E-state index in [0.717, 1.165) is 24.7 Å². The summed E-state index contributed by atoms with van der Waals surface area (Å²) in [5.74, 6) is 1.51. The lowest BCUT2D eigenvalue weighted by atomic mass is 9.77. The normalized spacial score (nSPS) is 26.3. The van der Waals surface area contributed by atoms with Crippen molar-refractivity contribution in [3.05, 3.63) is 0 Å². The van der Waals surface area contributed by atoms with E-state index in [4.69, 9.17) is 23.2 Å². The zero-order valence-corrected chi connectivity index (χ0v) is 7.34. The molecule has 2 heteroatoms. The Morgan fingerprint density at radius 3 is 1.89 bits per heavy atom. The van der Waals surface area contributed by atoms with Gasteiger partial charge >= 0.3 is 0 Å². The highest BCUT2D eigenvalue weighted by Crippen LogP contribution is 2.49. The minimum atomic E-state index is -0.380. The zero-order valence-electron chi connectivity index (χ0n) is 5.82. The fourth-order valence-corrected chi connectivity index (χ4v) is 1.97. The first kappa shape index (κ1) is 7.68. The van der Waals surface area contributed by atoms with Crippen LogP contribution in [0.3, 0.4) is 0 Å². The van der Waals surface area contributed by atoms with Gasteiger partial charge in [0.15, 0.2) is 0 Å². The third-order valence-electron chi connectivity index (χ3n) is 2.06. The Bertz CT molecular complexity index is 99.5. The molecule has 0 heterocycles. The topological polar surface area (TPSA) is 0 Å². The summed E-state index contributed by atoms with van der Waals surface area (Å²) in [6, 6.07) is 0. The van der Waals surface area contributed by atoms with Crippen LogP contribution in [0.4, 0.5) is 0 Å². The van der Waals surface area contributed by atoms with Crippen LogP contribution < -0.4 is 0 Å². The van der Waals surface area contributed by atoms with Crippen LogP contribution in [0.25, 0.3) is 0 Å². The Morgan fingerprint density at radius 1 is 1.33 bits per heavy atom. The van der Waals surface area contributed by atoms with Gasteiger partial charge in [-0.1, -0.05) is 13.8 Å². The maximum Gasteiger partial charge on any atom is 0.118 e. The van der Waals surface area contributed by atoms with Gasteiger partial charge in [-0.15, -0.1) is 23.2 Å². The molecule has 54 valence electrons. The van der Waals surface area contributed by atoms with Gasteiger partial charge in [0, 0.05) is 0 Å². The Balaban J connectivity index is 2.27. The highest BCUT2D eigenvalue weighted by molar-refractivity contribution is 6.49. The third kappa shape index (κ3) is 1.75. The van der Waals surface area contributed by atoms with E-state index in [0.29, 0.717) is 0 Å². The lowest BCUT2D eigenvalue weighted by Crippen LogP contribution is -2.36. The summed E-state index contributed by atoms with van der Waals surface area (Å²) in [4.78, 5) is 0. The van der Waals surface area contributed by atoms with Gasteiger partial charge in [-0.05, 0) is 24.7 Å². The van der Waals surface area contributed by atoms with Crippen LogP contribution in [-0.4, -0.2) is 4.33 Å². The summed E-state index contributed by atoms with van der Waals surface area (Å²) in [5, 5.41) is 0. The number of halogens is 2. The van der Waals surface area contributed by atoms with Gasteiger partial charge in [-0.2, -0.15) is 0 Å². The van der Waals surface area contributed by atoms with Gasteiger partial charge < -0.3 is 0 Å². The van der Waals surface area contributed by atoms with Gasteiger partial charge in [0.05, 0.1) is 0 Å². The summed E-state index contributed by atoms with van der Waals surface area (Å²) in [6.07, 6.45) is 1.96. The molecule has 0 aromatic heterocycles. The van der Waals surface area contributed by atoms with Crippen LogP contribution >= 0.6 is 23.2 Å². The van der Waals surface area contributed by atoms with Crippen LogP contribution in [-0.2, 0) is 0 Å². The molecule has 0 atom stereocenters. The predicted octanol–water partition coefficient (Wildman–Crippen LogP) is 3.23. The monoisotopic (exact) mass is 166 g/mol. The Morgan fingerprint density at radius 2 is 1.78 bits per heavy atom. The van der Waals surface area contributed by atoms with Gasteiger partial charge in [-0.3, -0.25) is 0 Å². The minimum Gasteiger partial charge on any atom is -0.102 e. The van der Waals surface area contributed by atoms with Crippen molar-refractivity contribution in [3.8, 4) is 0 Å². The average Bonchev–Trinajstić information content (AvgIpc) is 1.59. The van der Waals surface area contributed by atoms with Crippen molar-refractivity contribution in [3.63, 3.8) is 0 Å². The van der Waals surface area contributed by atoms with Crippen molar-refractivity contribution in [2.75, 3.05) is 0 Å². The molecule has 0 aromatic rings. The average molecular weight is 167 g/mol. The highest BCUT2D eigenvalue weighted by atomic mass is 35.5. The summed E-state index contributed by atoms with van der Waals surface area (Å²) in [7, 11) is 0. The van der Waals surface area contributed by atoms with E-state index < -0.39 is 0 Å². The molecular weight excluding hydrogens is 155 g/mol. The fraction of sp³-hybridized carbons (Fsp3) is 1.00. The van der Waals surface area contributed by atoms with E-state index in [1.807, 2.05) is 0 Å². The van der Waals surface area contributed by atoms with E-state index in [1.165, 1.54) is 0 Å². The van der Waals surface area contributed by atoms with Crippen molar-refractivity contribution < 1.29 is 0 Å². The second-order valence-electron chi connectivity index (χ2n) is 3.27. The van der Waals surface area contributed by atoms with Crippen molar-refractivity contribution in [1.29, 1.82) is 0 Å². The lowest BCUT2D eigenvalue weighted by Gasteiger charge is -2.40. The predicted molar refractivity (Wildman–Crippen MR) is 42.0 cm³/mol. The molecule has 1 aliphatic rings. The molecule has 1 rings (SSSR count). The van der Waals surface area contributed by atoms with Gasteiger partial charge in [0.2, 0.25) is 0 Å². The molecule has 0 aromatic carbocycles. The second kappa shape index (κ2) is 2.32. The molecule has 0 N–H and O–H groups in total. The first-order valence-electron chi connectivity index (χ1n) is 3.39. The van der Waals surface area contributed by atoms with Crippen molar-refractivity contribution in [2.24, 2.45) is 11.8 Å². The summed E-state index contributed by atoms with van der Waals surface area (Å²) in [5.41, 5.74) is 0. The van der Waals surface area contributed by atoms with Crippen LogP contribution in [0.5, 0.6) is 0 Å². The summed E-state index contributed by atoms with van der Waals surface area (Å²) >= 11 is 11.6. The Labute approximate surface area is 66.5 Å². The molecule has 0 aliphatic heterocycles. The first-order valence-corrected chi connectivity index (χ1v) is 4.15. The molecular formula is C7H12Cl2. The maximum atomic E-state index is 5.81. The number of hydrogen-bond acceptors (Lipinski definition) is 0. The summed E-state index contributed by atoms with van der Waals surface area (Å²) in [6.45, 7) is 4.43. The number of hydrogen-bond donors (Lipinski definition) is 0. The van der Waals surface area contributed by atoms with Crippen molar-refractivity contribution in [1.82, 2.24) is 0 Å². The largest absolute Gasteiger partial charge is 0.118 e. The molecule has 9 heavy (non-hydrogen) atoms. The molecule has 0 radical (unpaired) electrons. The van der Waals surface area contributed by atoms with Crippen molar-refractivity contribution >= 4 is 23.2 Å². The molecule has 0 saturated heterocycles. The Kier molecular flexibility index (Phi) is 1.98. The molecule has 0 amide bonds. The first-order chi connectivity index (χ1) is 4.01. The van der Waals surface area contributed by atoms with Crippen LogP contribution in [0.1, 0.15) is 26.7 Å². The van der Waals surface area contributed by atoms with Crippen LogP contribution in [0.15, 0.2) is 0 Å². The maximum absolute atomic E-state index is 5.81. The molecule has 0 nitrogen and oxygen atoms in total. The smallest absolute Gasteiger partial charge is 0.102 e. The Hall–Kier alpha value is 0.580. The molecule has 1 saturated carbocycles. The number of alkyl halides is 2. The van der Waals surface area contributed by atoms with Gasteiger partial charge in [0.25, 0.3) is 0 Å². The van der Waals surface area contributed by atoms with Gasteiger partial charge in [0.1, 0.15) is 4.33 Å². The van der Waals surface area contributed by atoms with E-state index in [2.05, 4.69) is 13.8 Å². The van der Waals surface area contributed by atoms with Crippen LogP contribution in [0, 0.1) is 11.8 Å².